The van der Waals surface area contributed by atoms with Gasteiger partial charge in [-0.05, 0) is 13.0 Å². The molecular weight excluding hydrogens is 274 g/mol. The van der Waals surface area contributed by atoms with Gasteiger partial charge in [0, 0.05) is 59.3 Å². The first-order chi connectivity index (χ1) is 10.0. The third-order valence-corrected chi connectivity index (χ3v) is 4.11. The Hall–Kier alpha value is -1.18. The fourth-order valence-electron chi connectivity index (χ4n) is 2.77. The molecule has 2 rings (SSSR count). The largest absolute Gasteiger partial charge is 0.388 e. The molecule has 2 amide bonds. The summed E-state index contributed by atoms with van der Waals surface area (Å²) in [5, 5.41) is 13.6. The number of ether oxygens (including phenoxy) is 1. The van der Waals surface area contributed by atoms with Gasteiger partial charge in [-0.1, -0.05) is 0 Å². The minimum atomic E-state index is -0.941. The summed E-state index contributed by atoms with van der Waals surface area (Å²) in [6.07, 6.45) is 1.84. The third kappa shape index (κ3) is 4.39. The average molecular weight is 299 g/mol. The monoisotopic (exact) mass is 299 g/mol. The predicted molar refractivity (Wildman–Crippen MR) is 76.7 cm³/mol. The van der Waals surface area contributed by atoms with E-state index < -0.39 is 17.4 Å². The number of carbonyl (C=O) groups is 2. The lowest BCUT2D eigenvalue weighted by molar-refractivity contribution is -0.154. The van der Waals surface area contributed by atoms with E-state index in [9.17, 15) is 14.7 Å². The van der Waals surface area contributed by atoms with Gasteiger partial charge in [0.15, 0.2) is 0 Å². The van der Waals surface area contributed by atoms with Crippen molar-refractivity contribution < 1.29 is 19.4 Å². The summed E-state index contributed by atoms with van der Waals surface area (Å²) in [7, 11) is 1.57. The first-order valence-electron chi connectivity index (χ1n) is 7.57. The zero-order valence-corrected chi connectivity index (χ0v) is 12.6. The van der Waals surface area contributed by atoms with Crippen molar-refractivity contribution in [1.82, 2.24) is 15.1 Å². The summed E-state index contributed by atoms with van der Waals surface area (Å²) in [4.78, 5) is 27.4. The summed E-state index contributed by atoms with van der Waals surface area (Å²) >= 11 is 0. The first kappa shape index (κ1) is 16.2. The Kier molecular flexibility index (Phi) is 5.55. The molecule has 2 saturated heterocycles. The third-order valence-electron chi connectivity index (χ3n) is 4.11. The molecule has 2 aliphatic heterocycles. The second-order valence-corrected chi connectivity index (χ2v) is 5.89. The van der Waals surface area contributed by atoms with E-state index in [2.05, 4.69) is 5.32 Å². The number of amides is 2. The van der Waals surface area contributed by atoms with Crippen molar-refractivity contribution in [1.29, 1.82) is 0 Å². The molecule has 0 unspecified atom stereocenters. The summed E-state index contributed by atoms with van der Waals surface area (Å²) in [6, 6.07) is 0. The van der Waals surface area contributed by atoms with Gasteiger partial charge in [0.2, 0.25) is 0 Å². The van der Waals surface area contributed by atoms with Crippen LogP contribution in [0.1, 0.15) is 19.3 Å². The van der Waals surface area contributed by atoms with Crippen LogP contribution in [0.25, 0.3) is 0 Å². The van der Waals surface area contributed by atoms with E-state index in [4.69, 9.17) is 4.74 Å². The Morgan fingerprint density at radius 1 is 1.29 bits per heavy atom. The molecule has 0 radical (unpaired) electrons. The molecule has 0 atom stereocenters. The maximum atomic E-state index is 12.2. The highest BCUT2D eigenvalue weighted by Crippen LogP contribution is 2.21. The number of carbonyl (C=O) groups excluding carboxylic acids is 2. The smallest absolute Gasteiger partial charge is 0.312 e. The highest BCUT2D eigenvalue weighted by Gasteiger charge is 2.34. The minimum Gasteiger partial charge on any atom is -0.388 e. The molecule has 120 valence electrons. The molecular formula is C14H25N3O4. The van der Waals surface area contributed by atoms with Gasteiger partial charge in [0.25, 0.3) is 0 Å². The molecule has 2 N–H and O–H groups in total. The fourth-order valence-corrected chi connectivity index (χ4v) is 2.77. The topological polar surface area (TPSA) is 82.1 Å². The molecule has 21 heavy (non-hydrogen) atoms. The number of hydrogen-bond donors (Lipinski definition) is 2. The maximum Gasteiger partial charge on any atom is 0.312 e. The Bertz CT molecular complexity index is 374. The number of nitrogens with zero attached hydrogens (tertiary/aromatic N) is 2. The second kappa shape index (κ2) is 7.20. The predicted octanol–water partition coefficient (Wildman–Crippen LogP) is -1.19. The van der Waals surface area contributed by atoms with Crippen molar-refractivity contribution in [2.75, 3.05) is 53.0 Å². The van der Waals surface area contributed by atoms with Crippen LogP contribution in [0.2, 0.25) is 0 Å². The van der Waals surface area contributed by atoms with Gasteiger partial charge in [-0.15, -0.1) is 0 Å². The fraction of sp³-hybridized carbons (Fsp3) is 0.857. The van der Waals surface area contributed by atoms with E-state index in [0.29, 0.717) is 45.7 Å². The Morgan fingerprint density at radius 2 is 2.00 bits per heavy atom. The van der Waals surface area contributed by atoms with Crippen LogP contribution in [0.3, 0.4) is 0 Å². The van der Waals surface area contributed by atoms with Crippen molar-refractivity contribution in [2.45, 2.75) is 24.9 Å². The molecule has 0 spiro atoms. The van der Waals surface area contributed by atoms with Crippen LogP contribution < -0.4 is 5.32 Å². The van der Waals surface area contributed by atoms with E-state index in [1.165, 1.54) is 4.90 Å². The van der Waals surface area contributed by atoms with E-state index in [0.717, 1.165) is 13.0 Å². The van der Waals surface area contributed by atoms with E-state index in [-0.39, 0.29) is 6.54 Å². The van der Waals surface area contributed by atoms with Crippen LogP contribution in [-0.4, -0.2) is 85.3 Å². The number of aliphatic hydroxyl groups is 1. The lowest BCUT2D eigenvalue weighted by atomic mass is 9.94. The molecule has 0 aliphatic carbocycles. The van der Waals surface area contributed by atoms with Crippen molar-refractivity contribution >= 4 is 11.8 Å². The molecule has 2 aliphatic rings. The standard InChI is InChI=1S/C14H25N3O4/c1-16(11-14(20)3-9-21-10-4-14)12(18)13(19)17-7-2-5-15-6-8-17/h15,20H,2-11H2,1H3. The van der Waals surface area contributed by atoms with Gasteiger partial charge < -0.3 is 25.0 Å². The van der Waals surface area contributed by atoms with Gasteiger partial charge in [-0.2, -0.15) is 0 Å². The van der Waals surface area contributed by atoms with Crippen LogP contribution in [0, 0.1) is 0 Å². The average Bonchev–Trinajstić information content (AvgIpc) is 2.75. The Morgan fingerprint density at radius 3 is 2.71 bits per heavy atom. The van der Waals surface area contributed by atoms with Gasteiger partial charge >= 0.3 is 11.8 Å². The Labute approximate surface area is 125 Å². The second-order valence-electron chi connectivity index (χ2n) is 5.89. The zero-order chi connectivity index (χ0) is 15.3. The number of rotatable bonds is 2. The van der Waals surface area contributed by atoms with Crippen molar-refractivity contribution in [3.05, 3.63) is 0 Å². The molecule has 2 fully saturated rings. The minimum absolute atomic E-state index is 0.174. The number of likely N-dealkylation sites (N-methyl/N-ethyl adjacent to an activating group) is 1. The SMILES string of the molecule is CN(CC1(O)CCOCC1)C(=O)C(=O)N1CCCNCC1. The molecule has 7 heteroatoms. The van der Waals surface area contributed by atoms with Gasteiger partial charge in [-0.3, -0.25) is 9.59 Å². The summed E-state index contributed by atoms with van der Waals surface area (Å²) < 4.78 is 5.22. The van der Waals surface area contributed by atoms with Crippen LogP contribution >= 0.6 is 0 Å². The molecule has 2 heterocycles. The van der Waals surface area contributed by atoms with Crippen molar-refractivity contribution in [3.63, 3.8) is 0 Å². The van der Waals surface area contributed by atoms with Crippen LogP contribution in [0.15, 0.2) is 0 Å². The highest BCUT2D eigenvalue weighted by molar-refractivity contribution is 6.34. The normalized spacial score (nSPS) is 22.5. The van der Waals surface area contributed by atoms with E-state index in [1.807, 2.05) is 0 Å². The van der Waals surface area contributed by atoms with Crippen LogP contribution in [-0.2, 0) is 14.3 Å². The van der Waals surface area contributed by atoms with E-state index >= 15 is 0 Å². The highest BCUT2D eigenvalue weighted by atomic mass is 16.5. The lowest BCUT2D eigenvalue weighted by Crippen LogP contribution is -2.51. The van der Waals surface area contributed by atoms with Crippen molar-refractivity contribution in [2.24, 2.45) is 0 Å². The molecule has 0 saturated carbocycles. The zero-order valence-electron chi connectivity index (χ0n) is 12.6. The summed E-state index contributed by atoms with van der Waals surface area (Å²) in [5.74, 6) is -1.02. The van der Waals surface area contributed by atoms with Crippen molar-refractivity contribution in [3.8, 4) is 0 Å². The van der Waals surface area contributed by atoms with Gasteiger partial charge in [0.1, 0.15) is 0 Å². The molecule has 0 bridgehead atoms. The molecule has 0 aromatic rings. The van der Waals surface area contributed by atoms with E-state index in [1.54, 1.807) is 11.9 Å². The van der Waals surface area contributed by atoms with Crippen LogP contribution in [0.4, 0.5) is 0 Å². The van der Waals surface area contributed by atoms with Gasteiger partial charge in [-0.25, -0.2) is 0 Å². The lowest BCUT2D eigenvalue weighted by Gasteiger charge is -2.35. The van der Waals surface area contributed by atoms with Crippen LogP contribution in [0.5, 0.6) is 0 Å². The molecule has 0 aromatic carbocycles. The maximum absolute atomic E-state index is 12.2. The molecule has 0 aromatic heterocycles. The number of hydrogen-bond acceptors (Lipinski definition) is 5. The quantitative estimate of drug-likeness (QED) is 0.627. The Balaban J connectivity index is 1.89. The molecule has 7 nitrogen and oxygen atoms in total. The van der Waals surface area contributed by atoms with Gasteiger partial charge in [0.05, 0.1) is 5.60 Å². The first-order valence-corrected chi connectivity index (χ1v) is 7.57. The summed E-state index contributed by atoms with van der Waals surface area (Å²) in [5.41, 5.74) is -0.941. The number of nitrogens with one attached hydrogen (secondary N) is 1. The summed E-state index contributed by atoms with van der Waals surface area (Å²) in [6.45, 7) is 3.89.